The van der Waals surface area contributed by atoms with Gasteiger partial charge in [0.15, 0.2) is 23.1 Å². The van der Waals surface area contributed by atoms with E-state index >= 15 is 0 Å². The van der Waals surface area contributed by atoms with E-state index in [4.69, 9.17) is 14.2 Å². The van der Waals surface area contributed by atoms with E-state index in [2.05, 4.69) is 10.2 Å². The fraction of sp³-hybridized carbons (Fsp3) is 0.458. The molecule has 0 aliphatic carbocycles. The molecule has 1 atom stereocenters. The largest absolute Gasteiger partial charge is 0.490 e. The molecule has 1 amide bonds. The monoisotopic (exact) mass is 428 g/mol. The van der Waals surface area contributed by atoms with Gasteiger partial charge in [-0.15, -0.1) is 0 Å². The Morgan fingerprint density at radius 2 is 1.87 bits per heavy atom. The standard InChI is InChI=1S/C24H29FN2O4/c25-20-5-1-2-6-21(20)29-12-9-24(28)26-19(17-27-10-3-4-11-27)15-18-7-8-22-23(16-18)31-14-13-30-22/h1-2,5-8,16,19H,3-4,9-15,17H2,(H,26,28). The Morgan fingerprint density at radius 3 is 2.68 bits per heavy atom. The third-order valence-corrected chi connectivity index (χ3v) is 5.55. The van der Waals surface area contributed by atoms with Crippen molar-refractivity contribution in [1.29, 1.82) is 0 Å². The molecular formula is C24H29FN2O4. The Morgan fingerprint density at radius 1 is 1.10 bits per heavy atom. The van der Waals surface area contributed by atoms with E-state index in [1.165, 1.54) is 18.9 Å². The number of ether oxygens (including phenoxy) is 3. The third-order valence-electron chi connectivity index (χ3n) is 5.55. The second-order valence-corrected chi connectivity index (χ2v) is 7.98. The number of carbonyl (C=O) groups excluding carboxylic acids is 1. The van der Waals surface area contributed by atoms with Crippen LogP contribution in [0.3, 0.4) is 0 Å². The summed E-state index contributed by atoms with van der Waals surface area (Å²) in [7, 11) is 0. The zero-order chi connectivity index (χ0) is 21.5. The molecule has 1 fully saturated rings. The number of fused-ring (bicyclic) bond motifs is 1. The number of para-hydroxylation sites is 1. The molecule has 166 valence electrons. The number of carbonyl (C=O) groups is 1. The van der Waals surface area contributed by atoms with Gasteiger partial charge in [-0.2, -0.15) is 0 Å². The fourth-order valence-corrected chi connectivity index (χ4v) is 4.05. The topological polar surface area (TPSA) is 60.0 Å². The number of hydrogen-bond acceptors (Lipinski definition) is 5. The number of halogens is 1. The van der Waals surface area contributed by atoms with E-state index in [-0.39, 0.29) is 30.7 Å². The molecule has 0 saturated carbocycles. The van der Waals surface area contributed by atoms with E-state index in [1.807, 2.05) is 18.2 Å². The first kappa shape index (κ1) is 21.4. The first-order valence-electron chi connectivity index (χ1n) is 10.9. The maximum absolute atomic E-state index is 13.7. The molecule has 6 nitrogen and oxygen atoms in total. The lowest BCUT2D eigenvalue weighted by atomic mass is 10.0. The van der Waals surface area contributed by atoms with Crippen molar-refractivity contribution < 1.29 is 23.4 Å². The normalized spacial score (nSPS) is 16.7. The minimum Gasteiger partial charge on any atom is -0.490 e. The minimum absolute atomic E-state index is 0.0263. The Hall–Kier alpha value is -2.80. The van der Waals surface area contributed by atoms with Crippen molar-refractivity contribution in [3.8, 4) is 17.2 Å². The van der Waals surface area contributed by atoms with Gasteiger partial charge >= 0.3 is 0 Å². The molecule has 2 heterocycles. The summed E-state index contributed by atoms with van der Waals surface area (Å²) >= 11 is 0. The second-order valence-electron chi connectivity index (χ2n) is 7.98. The zero-order valence-corrected chi connectivity index (χ0v) is 17.6. The van der Waals surface area contributed by atoms with Gasteiger partial charge in [-0.1, -0.05) is 18.2 Å². The fourth-order valence-electron chi connectivity index (χ4n) is 4.05. The van der Waals surface area contributed by atoms with Gasteiger partial charge in [0.25, 0.3) is 0 Å². The Balaban J connectivity index is 1.34. The highest BCUT2D eigenvalue weighted by Gasteiger charge is 2.21. The summed E-state index contributed by atoms with van der Waals surface area (Å²) in [4.78, 5) is 15.0. The number of nitrogens with one attached hydrogen (secondary N) is 1. The quantitative estimate of drug-likeness (QED) is 0.665. The number of rotatable bonds is 9. The molecule has 2 aromatic rings. The van der Waals surface area contributed by atoms with Gasteiger partial charge in [0, 0.05) is 12.6 Å². The van der Waals surface area contributed by atoms with Gasteiger partial charge in [-0.05, 0) is 62.2 Å². The lowest BCUT2D eigenvalue weighted by Crippen LogP contribution is -2.44. The highest BCUT2D eigenvalue weighted by Crippen LogP contribution is 2.31. The molecule has 2 aliphatic rings. The number of benzene rings is 2. The predicted octanol–water partition coefficient (Wildman–Crippen LogP) is 3.19. The van der Waals surface area contributed by atoms with E-state index in [0.717, 1.165) is 36.7 Å². The van der Waals surface area contributed by atoms with Gasteiger partial charge in [-0.3, -0.25) is 4.79 Å². The molecular weight excluding hydrogens is 399 g/mol. The smallest absolute Gasteiger partial charge is 0.223 e. The molecule has 1 saturated heterocycles. The highest BCUT2D eigenvalue weighted by molar-refractivity contribution is 5.76. The maximum atomic E-state index is 13.7. The highest BCUT2D eigenvalue weighted by atomic mass is 19.1. The average Bonchev–Trinajstić information content (AvgIpc) is 3.28. The minimum atomic E-state index is -0.423. The van der Waals surface area contributed by atoms with Crippen LogP contribution < -0.4 is 19.5 Å². The molecule has 4 rings (SSSR count). The maximum Gasteiger partial charge on any atom is 0.223 e. The summed E-state index contributed by atoms with van der Waals surface area (Å²) in [5, 5.41) is 3.15. The Labute approximate surface area is 182 Å². The first-order valence-corrected chi connectivity index (χ1v) is 10.9. The molecule has 31 heavy (non-hydrogen) atoms. The summed E-state index contributed by atoms with van der Waals surface area (Å²) in [5.74, 6) is 1.17. The molecule has 0 aromatic heterocycles. The third kappa shape index (κ3) is 6.10. The molecule has 2 aliphatic heterocycles. The van der Waals surface area contributed by atoms with Gasteiger partial charge in [0.05, 0.1) is 13.0 Å². The first-order chi connectivity index (χ1) is 15.2. The number of nitrogens with zero attached hydrogens (tertiary/aromatic N) is 1. The van der Waals surface area contributed by atoms with Crippen molar-refractivity contribution in [3.05, 3.63) is 53.8 Å². The van der Waals surface area contributed by atoms with Crippen LogP contribution in [0.15, 0.2) is 42.5 Å². The summed E-state index contributed by atoms with van der Waals surface area (Å²) in [6.45, 7) is 4.16. The molecule has 0 radical (unpaired) electrons. The molecule has 0 spiro atoms. The van der Waals surface area contributed by atoms with Crippen molar-refractivity contribution in [2.75, 3.05) is 39.5 Å². The predicted molar refractivity (Wildman–Crippen MR) is 115 cm³/mol. The van der Waals surface area contributed by atoms with E-state index < -0.39 is 5.82 Å². The van der Waals surface area contributed by atoms with Gasteiger partial charge in [0.1, 0.15) is 13.2 Å². The van der Waals surface area contributed by atoms with Crippen LogP contribution in [0.1, 0.15) is 24.8 Å². The molecule has 1 N–H and O–H groups in total. The Bertz CT molecular complexity index is 886. The van der Waals surface area contributed by atoms with Crippen LogP contribution in [0.4, 0.5) is 4.39 Å². The lowest BCUT2D eigenvalue weighted by molar-refractivity contribution is -0.122. The van der Waals surface area contributed by atoms with Crippen molar-refractivity contribution >= 4 is 5.91 Å². The number of hydrogen-bond donors (Lipinski definition) is 1. The van der Waals surface area contributed by atoms with Gasteiger partial charge in [0.2, 0.25) is 5.91 Å². The molecule has 1 unspecified atom stereocenters. The Kier molecular flexibility index (Phi) is 7.25. The molecule has 0 bridgehead atoms. The number of likely N-dealkylation sites (tertiary alicyclic amines) is 1. The molecule has 7 heteroatoms. The van der Waals surface area contributed by atoms with Crippen LogP contribution in [0.5, 0.6) is 17.2 Å². The van der Waals surface area contributed by atoms with Crippen molar-refractivity contribution in [2.45, 2.75) is 31.7 Å². The number of amides is 1. The zero-order valence-electron chi connectivity index (χ0n) is 17.6. The van der Waals surface area contributed by atoms with Gasteiger partial charge in [-0.25, -0.2) is 4.39 Å². The van der Waals surface area contributed by atoms with Crippen molar-refractivity contribution in [1.82, 2.24) is 10.2 Å². The van der Waals surface area contributed by atoms with Crippen LogP contribution in [0, 0.1) is 5.82 Å². The van der Waals surface area contributed by atoms with E-state index in [9.17, 15) is 9.18 Å². The van der Waals surface area contributed by atoms with Crippen LogP contribution >= 0.6 is 0 Å². The lowest BCUT2D eigenvalue weighted by Gasteiger charge is -2.25. The van der Waals surface area contributed by atoms with Crippen LogP contribution in [0.25, 0.3) is 0 Å². The van der Waals surface area contributed by atoms with Crippen molar-refractivity contribution in [2.24, 2.45) is 0 Å². The average molecular weight is 429 g/mol. The summed E-state index contributed by atoms with van der Waals surface area (Å²) < 4.78 is 30.4. The second kappa shape index (κ2) is 10.5. The van der Waals surface area contributed by atoms with Gasteiger partial charge < -0.3 is 24.4 Å². The summed E-state index contributed by atoms with van der Waals surface area (Å²) in [5.41, 5.74) is 1.09. The van der Waals surface area contributed by atoms with Crippen LogP contribution in [-0.4, -0.2) is 56.3 Å². The van der Waals surface area contributed by atoms with E-state index in [0.29, 0.717) is 19.6 Å². The summed E-state index contributed by atoms with van der Waals surface area (Å²) in [6.07, 6.45) is 3.27. The molecule has 2 aromatic carbocycles. The van der Waals surface area contributed by atoms with Crippen LogP contribution in [0.2, 0.25) is 0 Å². The summed E-state index contributed by atoms with van der Waals surface area (Å²) in [6, 6.07) is 12.1. The van der Waals surface area contributed by atoms with Crippen molar-refractivity contribution in [3.63, 3.8) is 0 Å². The SMILES string of the molecule is O=C(CCOc1ccccc1F)NC(Cc1ccc2c(c1)OCCO2)CN1CCCC1. The van der Waals surface area contributed by atoms with E-state index in [1.54, 1.807) is 18.2 Å². The van der Waals surface area contributed by atoms with Crippen LogP contribution in [-0.2, 0) is 11.2 Å².